The monoisotopic (exact) mass is 532 g/mol. The average molecular weight is 533 g/mol. The van der Waals surface area contributed by atoms with Crippen LogP contribution < -0.4 is 5.32 Å². The number of carbonyl (C=O) groups is 3. The van der Waals surface area contributed by atoms with E-state index >= 15 is 0 Å². The molecule has 7 nitrogen and oxygen atoms in total. The zero-order valence-corrected chi connectivity index (χ0v) is 23.8. The van der Waals surface area contributed by atoms with Crippen molar-refractivity contribution in [2.75, 3.05) is 33.7 Å². The van der Waals surface area contributed by atoms with Crippen molar-refractivity contribution in [3.63, 3.8) is 0 Å². The van der Waals surface area contributed by atoms with Crippen molar-refractivity contribution in [1.29, 1.82) is 0 Å². The summed E-state index contributed by atoms with van der Waals surface area (Å²) in [6.45, 7) is 5.92. The van der Waals surface area contributed by atoms with E-state index in [1.165, 1.54) is 6.42 Å². The Morgan fingerprint density at radius 2 is 1.70 bits per heavy atom. The summed E-state index contributed by atoms with van der Waals surface area (Å²) in [4.78, 5) is 45.8. The Hall–Kier alpha value is -2.12. The van der Waals surface area contributed by atoms with Gasteiger partial charge in [-0.15, -0.1) is 0 Å². The molecule has 1 aliphatic carbocycles. The van der Waals surface area contributed by atoms with Gasteiger partial charge in [0.15, 0.2) is 0 Å². The van der Waals surface area contributed by atoms with Crippen molar-refractivity contribution in [3.8, 4) is 0 Å². The second-order valence-electron chi connectivity index (χ2n) is 11.4. The molecule has 37 heavy (non-hydrogen) atoms. The maximum absolute atomic E-state index is 13.8. The van der Waals surface area contributed by atoms with Crippen LogP contribution in [0.1, 0.15) is 70.8 Å². The minimum Gasteiger partial charge on any atom is -0.344 e. The van der Waals surface area contributed by atoms with Crippen LogP contribution in [0.3, 0.4) is 0 Å². The molecule has 0 bridgehead atoms. The summed E-state index contributed by atoms with van der Waals surface area (Å²) in [5.41, 5.74) is 0.947. The van der Waals surface area contributed by atoms with Gasteiger partial charge in [-0.2, -0.15) is 0 Å². The van der Waals surface area contributed by atoms with Gasteiger partial charge < -0.3 is 20.0 Å². The van der Waals surface area contributed by atoms with Gasteiger partial charge in [0.2, 0.25) is 17.7 Å². The van der Waals surface area contributed by atoms with E-state index in [1.807, 2.05) is 36.0 Å². The molecule has 2 atom stereocenters. The van der Waals surface area contributed by atoms with E-state index in [1.54, 1.807) is 12.1 Å². The lowest BCUT2D eigenvalue weighted by Gasteiger charge is -2.39. The molecule has 2 aliphatic rings. The number of benzene rings is 1. The average Bonchev–Trinajstić information content (AvgIpc) is 3.33. The van der Waals surface area contributed by atoms with Crippen LogP contribution >= 0.6 is 11.6 Å². The Morgan fingerprint density at radius 3 is 2.32 bits per heavy atom. The first kappa shape index (κ1) is 29.4. The normalized spacial score (nSPS) is 19.3. The minimum atomic E-state index is -0.649. The van der Waals surface area contributed by atoms with Gasteiger partial charge in [0, 0.05) is 50.0 Å². The van der Waals surface area contributed by atoms with Gasteiger partial charge in [-0.3, -0.25) is 14.4 Å². The number of halogens is 1. The van der Waals surface area contributed by atoms with Crippen LogP contribution in [-0.2, 0) is 20.8 Å². The van der Waals surface area contributed by atoms with Crippen molar-refractivity contribution in [2.45, 2.75) is 89.8 Å². The highest BCUT2D eigenvalue weighted by Crippen LogP contribution is 2.29. The summed E-state index contributed by atoms with van der Waals surface area (Å²) < 4.78 is 0. The summed E-state index contributed by atoms with van der Waals surface area (Å²) in [6, 6.07) is 7.08. The van der Waals surface area contributed by atoms with Crippen LogP contribution in [-0.4, -0.2) is 84.3 Å². The number of nitrogens with one attached hydrogen (secondary N) is 1. The Balaban J connectivity index is 1.73. The summed E-state index contributed by atoms with van der Waals surface area (Å²) in [5.74, 6) is 0.318. The van der Waals surface area contributed by atoms with E-state index in [0.717, 1.165) is 37.7 Å². The summed E-state index contributed by atoms with van der Waals surface area (Å²) >= 11 is 6.05. The molecule has 1 aliphatic heterocycles. The third kappa shape index (κ3) is 8.99. The van der Waals surface area contributed by atoms with Crippen LogP contribution in [0.4, 0.5) is 0 Å². The van der Waals surface area contributed by atoms with E-state index in [9.17, 15) is 14.4 Å². The molecule has 0 radical (unpaired) electrons. The maximum atomic E-state index is 13.8. The lowest BCUT2D eigenvalue weighted by atomic mass is 9.92. The van der Waals surface area contributed by atoms with Gasteiger partial charge in [-0.25, -0.2) is 0 Å². The van der Waals surface area contributed by atoms with Gasteiger partial charge in [-0.05, 0) is 57.0 Å². The molecule has 1 heterocycles. The molecule has 1 saturated carbocycles. The number of amides is 3. The summed E-state index contributed by atoms with van der Waals surface area (Å²) in [6.07, 6.45) is 7.73. The molecule has 206 valence electrons. The third-order valence-electron chi connectivity index (χ3n) is 7.48. The lowest BCUT2D eigenvalue weighted by Crippen LogP contribution is -2.52. The molecule has 0 aromatic heterocycles. The highest BCUT2D eigenvalue weighted by Gasteiger charge is 2.38. The predicted octanol–water partition coefficient (Wildman–Crippen LogP) is 4.13. The molecule has 3 amide bonds. The van der Waals surface area contributed by atoms with Gasteiger partial charge in [-0.1, -0.05) is 56.8 Å². The fourth-order valence-electron chi connectivity index (χ4n) is 5.56. The fourth-order valence-corrected chi connectivity index (χ4v) is 5.68. The molecule has 1 N–H and O–H groups in total. The largest absolute Gasteiger partial charge is 0.344 e. The maximum Gasteiger partial charge on any atom is 0.245 e. The smallest absolute Gasteiger partial charge is 0.245 e. The van der Waals surface area contributed by atoms with Crippen molar-refractivity contribution in [3.05, 3.63) is 34.9 Å². The molecule has 2 fully saturated rings. The van der Waals surface area contributed by atoms with Gasteiger partial charge in [0.05, 0.1) is 6.04 Å². The quantitative estimate of drug-likeness (QED) is 0.465. The Labute approximate surface area is 227 Å². The van der Waals surface area contributed by atoms with Gasteiger partial charge in [0.25, 0.3) is 0 Å². The van der Waals surface area contributed by atoms with Crippen molar-refractivity contribution >= 4 is 29.3 Å². The SMILES string of the molecule is CC(C)CC(=O)N(C1CCCCC1)C1CCN(C(=O)[C@@H](Cc2ccc(Cl)cc2)NC(=O)CCN(C)C)C1. The second kappa shape index (κ2) is 14.1. The van der Waals surface area contributed by atoms with E-state index in [2.05, 4.69) is 24.1 Å². The minimum absolute atomic E-state index is 0.0407. The van der Waals surface area contributed by atoms with Crippen molar-refractivity contribution in [1.82, 2.24) is 20.0 Å². The third-order valence-corrected chi connectivity index (χ3v) is 7.73. The van der Waals surface area contributed by atoms with Crippen LogP contribution in [0.15, 0.2) is 24.3 Å². The molecule has 8 heteroatoms. The summed E-state index contributed by atoms with van der Waals surface area (Å²) in [5, 5.41) is 3.64. The van der Waals surface area contributed by atoms with E-state index < -0.39 is 6.04 Å². The zero-order chi connectivity index (χ0) is 26.9. The first-order valence-electron chi connectivity index (χ1n) is 13.9. The molecule has 0 spiro atoms. The first-order chi connectivity index (χ1) is 17.6. The number of rotatable bonds is 11. The number of hydrogen-bond acceptors (Lipinski definition) is 4. The molecule has 1 aromatic rings. The van der Waals surface area contributed by atoms with Crippen LogP contribution in [0, 0.1) is 5.92 Å². The number of carbonyl (C=O) groups excluding carboxylic acids is 3. The molecular weight excluding hydrogens is 488 g/mol. The Morgan fingerprint density at radius 1 is 1.03 bits per heavy atom. The van der Waals surface area contributed by atoms with E-state index in [0.29, 0.717) is 49.8 Å². The van der Waals surface area contributed by atoms with Gasteiger partial charge in [0.1, 0.15) is 6.04 Å². The lowest BCUT2D eigenvalue weighted by molar-refractivity contribution is -0.139. The topological polar surface area (TPSA) is 73.0 Å². The highest BCUT2D eigenvalue weighted by atomic mass is 35.5. The van der Waals surface area contributed by atoms with E-state index in [4.69, 9.17) is 11.6 Å². The fraction of sp³-hybridized carbons (Fsp3) is 0.690. The summed E-state index contributed by atoms with van der Waals surface area (Å²) in [7, 11) is 3.85. The van der Waals surface area contributed by atoms with Crippen molar-refractivity contribution < 1.29 is 14.4 Å². The molecule has 3 rings (SSSR count). The number of hydrogen-bond donors (Lipinski definition) is 1. The van der Waals surface area contributed by atoms with Crippen LogP contribution in [0.25, 0.3) is 0 Å². The molecule has 1 unspecified atom stereocenters. The predicted molar refractivity (Wildman–Crippen MR) is 148 cm³/mol. The van der Waals surface area contributed by atoms with Gasteiger partial charge >= 0.3 is 0 Å². The highest BCUT2D eigenvalue weighted by molar-refractivity contribution is 6.30. The number of likely N-dealkylation sites (tertiary alicyclic amines) is 1. The van der Waals surface area contributed by atoms with Crippen molar-refractivity contribution in [2.24, 2.45) is 5.92 Å². The Kier molecular flexibility index (Phi) is 11.3. The standard InChI is InChI=1S/C29H45ClN4O3/c1-21(2)18-28(36)34(24-8-6-5-7-9-24)25-14-17-33(20-25)29(37)26(31-27(35)15-16-32(3)4)19-22-10-12-23(30)13-11-22/h10-13,21,24-26H,5-9,14-20H2,1-4H3,(H,31,35)/t25?,26-/m1/s1. The molecule has 1 aromatic carbocycles. The zero-order valence-electron chi connectivity index (χ0n) is 23.0. The van der Waals surface area contributed by atoms with Crippen LogP contribution in [0.5, 0.6) is 0 Å². The van der Waals surface area contributed by atoms with Crippen LogP contribution in [0.2, 0.25) is 5.02 Å². The molecule has 1 saturated heterocycles. The van der Waals surface area contributed by atoms with E-state index in [-0.39, 0.29) is 29.8 Å². The second-order valence-corrected chi connectivity index (χ2v) is 11.9. The first-order valence-corrected chi connectivity index (χ1v) is 14.3. The number of nitrogens with zero attached hydrogens (tertiary/aromatic N) is 3. The molecular formula is C29H45ClN4O3. The Bertz CT molecular complexity index is 899.